The van der Waals surface area contributed by atoms with Gasteiger partial charge in [0.15, 0.2) is 5.69 Å². The lowest BCUT2D eigenvalue weighted by Gasteiger charge is -2.32. The molecule has 0 aliphatic carbocycles. The number of rotatable bonds is 4. The number of aromatic nitrogens is 2. The van der Waals surface area contributed by atoms with Gasteiger partial charge in [-0.25, -0.2) is 4.68 Å². The molecule has 182 valence electrons. The number of carbonyl (C=O) groups excluding carboxylic acids is 3. The van der Waals surface area contributed by atoms with E-state index < -0.39 is 5.91 Å². The Morgan fingerprint density at radius 3 is 2.50 bits per heavy atom. The number of hydrogen-bond acceptors (Lipinski definition) is 6. The molecule has 0 saturated carbocycles. The Bertz CT molecular complexity index is 1520. The standard InChI is InChI=1S/C26H23N5O5/c1-15-13-30(22(32)14-36-15)18-4-2-17(3-5-18)29-10-8-20-23(25(27)33)28-31(24(20)26(29)34)19-6-7-21-16(12-19)9-11-35-21/h2-7,9,11-12,15H,8,10,13-14H2,1H3,(H2,27,33)/t15-/m1/s1. The van der Waals surface area contributed by atoms with Gasteiger partial charge in [-0.2, -0.15) is 5.10 Å². The van der Waals surface area contributed by atoms with E-state index in [0.29, 0.717) is 47.7 Å². The summed E-state index contributed by atoms with van der Waals surface area (Å²) in [6, 6.07) is 14.5. The molecule has 6 rings (SSSR count). The van der Waals surface area contributed by atoms with E-state index in [1.165, 1.54) is 4.68 Å². The molecule has 10 nitrogen and oxygen atoms in total. The maximum Gasteiger partial charge on any atom is 0.277 e. The van der Waals surface area contributed by atoms with Crippen molar-refractivity contribution in [1.29, 1.82) is 0 Å². The average molecular weight is 486 g/mol. The molecule has 0 bridgehead atoms. The van der Waals surface area contributed by atoms with Crippen LogP contribution in [0.5, 0.6) is 0 Å². The van der Waals surface area contributed by atoms with Gasteiger partial charge in [-0.15, -0.1) is 0 Å². The lowest BCUT2D eigenvalue weighted by atomic mass is 10.0. The highest BCUT2D eigenvalue weighted by molar-refractivity contribution is 6.09. The number of amides is 3. The third kappa shape index (κ3) is 3.54. The topological polar surface area (TPSA) is 124 Å². The number of ether oxygens (including phenoxy) is 1. The van der Waals surface area contributed by atoms with E-state index in [9.17, 15) is 14.4 Å². The van der Waals surface area contributed by atoms with Crippen LogP contribution in [0.1, 0.15) is 33.5 Å². The average Bonchev–Trinajstić information content (AvgIpc) is 3.51. The van der Waals surface area contributed by atoms with Crippen LogP contribution in [0.15, 0.2) is 59.2 Å². The number of hydrogen-bond donors (Lipinski definition) is 1. The Morgan fingerprint density at radius 1 is 1.03 bits per heavy atom. The van der Waals surface area contributed by atoms with Crippen LogP contribution < -0.4 is 15.5 Å². The van der Waals surface area contributed by atoms with Gasteiger partial charge in [0.05, 0.1) is 24.6 Å². The van der Waals surface area contributed by atoms with E-state index in [-0.39, 0.29) is 30.2 Å². The van der Waals surface area contributed by atoms with E-state index in [4.69, 9.17) is 14.9 Å². The molecular weight excluding hydrogens is 462 g/mol. The van der Waals surface area contributed by atoms with Gasteiger partial charge in [0, 0.05) is 28.9 Å². The maximum absolute atomic E-state index is 13.8. The zero-order valence-electron chi connectivity index (χ0n) is 19.5. The molecule has 2 aromatic heterocycles. The molecule has 2 aliphatic rings. The molecule has 4 aromatic rings. The Balaban J connectivity index is 1.36. The second kappa shape index (κ2) is 8.35. The number of anilines is 2. The van der Waals surface area contributed by atoms with Gasteiger partial charge < -0.3 is 24.7 Å². The Morgan fingerprint density at radius 2 is 1.75 bits per heavy atom. The molecule has 2 aliphatic heterocycles. The van der Waals surface area contributed by atoms with Crippen molar-refractivity contribution < 1.29 is 23.5 Å². The number of morpholine rings is 1. The van der Waals surface area contributed by atoms with E-state index in [1.54, 1.807) is 28.2 Å². The summed E-state index contributed by atoms with van der Waals surface area (Å²) in [5.41, 5.74) is 9.31. The zero-order chi connectivity index (χ0) is 25.0. The van der Waals surface area contributed by atoms with Crippen LogP contribution in [-0.2, 0) is 16.0 Å². The number of benzene rings is 2. The van der Waals surface area contributed by atoms with E-state index in [2.05, 4.69) is 5.10 Å². The lowest BCUT2D eigenvalue weighted by molar-refractivity contribution is -0.128. The van der Waals surface area contributed by atoms with Crippen molar-refractivity contribution in [3.05, 3.63) is 71.7 Å². The highest BCUT2D eigenvalue weighted by Crippen LogP contribution is 2.31. The fourth-order valence-electron chi connectivity index (χ4n) is 4.84. The number of furan rings is 1. The van der Waals surface area contributed by atoms with E-state index >= 15 is 0 Å². The SMILES string of the molecule is C[C@@H]1CN(c2ccc(N3CCc4c(C(N)=O)nn(-c5ccc6occc6c5)c4C3=O)cc2)C(=O)CO1. The van der Waals surface area contributed by atoms with Gasteiger partial charge in [-0.1, -0.05) is 0 Å². The minimum Gasteiger partial charge on any atom is -0.464 e. The van der Waals surface area contributed by atoms with Crippen molar-refractivity contribution in [2.75, 3.05) is 29.5 Å². The Labute approximate surface area is 205 Å². The highest BCUT2D eigenvalue weighted by Gasteiger charge is 2.35. The maximum atomic E-state index is 13.8. The summed E-state index contributed by atoms with van der Waals surface area (Å²) in [5.74, 6) is -1.06. The molecule has 10 heteroatoms. The summed E-state index contributed by atoms with van der Waals surface area (Å²) >= 11 is 0. The van der Waals surface area contributed by atoms with Crippen LogP contribution in [0.2, 0.25) is 0 Å². The second-order valence-corrected chi connectivity index (χ2v) is 8.94. The summed E-state index contributed by atoms with van der Waals surface area (Å²) in [5, 5.41) is 5.28. The number of primary amides is 1. The van der Waals surface area contributed by atoms with Gasteiger partial charge in [-0.3, -0.25) is 14.4 Å². The largest absolute Gasteiger partial charge is 0.464 e. The molecule has 1 atom stereocenters. The summed E-state index contributed by atoms with van der Waals surface area (Å²) in [6.07, 6.45) is 1.96. The van der Waals surface area contributed by atoms with Crippen molar-refractivity contribution in [3.8, 4) is 5.69 Å². The van der Waals surface area contributed by atoms with Gasteiger partial charge in [0.2, 0.25) is 0 Å². The number of nitrogens with zero attached hydrogens (tertiary/aromatic N) is 4. The predicted molar refractivity (Wildman–Crippen MR) is 131 cm³/mol. The molecular formula is C26H23N5O5. The number of nitrogens with two attached hydrogens (primary N) is 1. The monoisotopic (exact) mass is 485 g/mol. The van der Waals surface area contributed by atoms with Crippen molar-refractivity contribution >= 4 is 40.1 Å². The summed E-state index contributed by atoms with van der Waals surface area (Å²) in [6.45, 7) is 2.81. The van der Waals surface area contributed by atoms with Crippen LogP contribution in [0.25, 0.3) is 16.7 Å². The van der Waals surface area contributed by atoms with E-state index in [0.717, 1.165) is 11.1 Å². The van der Waals surface area contributed by atoms with Gasteiger partial charge in [0.1, 0.15) is 17.9 Å². The first-order valence-corrected chi connectivity index (χ1v) is 11.6. The van der Waals surface area contributed by atoms with Crippen LogP contribution in [0, 0.1) is 0 Å². The summed E-state index contributed by atoms with van der Waals surface area (Å²) in [7, 11) is 0. The third-order valence-electron chi connectivity index (χ3n) is 6.64. The molecule has 2 aromatic carbocycles. The smallest absolute Gasteiger partial charge is 0.277 e. The first kappa shape index (κ1) is 22.1. The van der Waals surface area contributed by atoms with Crippen LogP contribution in [0.4, 0.5) is 11.4 Å². The number of fused-ring (bicyclic) bond motifs is 2. The predicted octanol–water partition coefficient (Wildman–Crippen LogP) is 2.67. The fourth-order valence-corrected chi connectivity index (χ4v) is 4.84. The fraction of sp³-hybridized carbons (Fsp3) is 0.231. The van der Waals surface area contributed by atoms with Crippen LogP contribution >= 0.6 is 0 Å². The van der Waals surface area contributed by atoms with Gasteiger partial charge in [0.25, 0.3) is 17.7 Å². The van der Waals surface area contributed by atoms with Gasteiger partial charge in [-0.05, 0) is 61.9 Å². The first-order chi connectivity index (χ1) is 17.4. The molecule has 1 saturated heterocycles. The molecule has 0 radical (unpaired) electrons. The Hall–Kier alpha value is -4.44. The molecule has 36 heavy (non-hydrogen) atoms. The quantitative estimate of drug-likeness (QED) is 0.474. The molecule has 0 unspecified atom stereocenters. The molecule has 1 fully saturated rings. The Kier molecular flexibility index (Phi) is 5.11. The van der Waals surface area contributed by atoms with E-state index in [1.807, 2.05) is 43.3 Å². The third-order valence-corrected chi connectivity index (χ3v) is 6.64. The molecule has 0 spiro atoms. The highest BCUT2D eigenvalue weighted by atomic mass is 16.5. The van der Waals surface area contributed by atoms with Crippen molar-refractivity contribution in [1.82, 2.24) is 9.78 Å². The van der Waals surface area contributed by atoms with Crippen molar-refractivity contribution in [3.63, 3.8) is 0 Å². The normalized spacial score (nSPS) is 18.1. The molecule has 2 N–H and O–H groups in total. The lowest BCUT2D eigenvalue weighted by Crippen LogP contribution is -2.45. The van der Waals surface area contributed by atoms with Gasteiger partial charge >= 0.3 is 0 Å². The van der Waals surface area contributed by atoms with Crippen LogP contribution in [0.3, 0.4) is 0 Å². The zero-order valence-corrected chi connectivity index (χ0v) is 19.5. The van der Waals surface area contributed by atoms with Crippen molar-refractivity contribution in [2.24, 2.45) is 5.73 Å². The minimum atomic E-state index is -0.676. The summed E-state index contributed by atoms with van der Waals surface area (Å²) < 4.78 is 12.3. The second-order valence-electron chi connectivity index (χ2n) is 8.94. The summed E-state index contributed by atoms with van der Waals surface area (Å²) in [4.78, 5) is 41.5. The molecule has 4 heterocycles. The number of carbonyl (C=O) groups is 3. The molecule has 3 amide bonds. The van der Waals surface area contributed by atoms with Crippen molar-refractivity contribution in [2.45, 2.75) is 19.4 Å². The minimum absolute atomic E-state index is 0.0487. The van der Waals surface area contributed by atoms with Crippen LogP contribution in [-0.4, -0.2) is 53.3 Å². The first-order valence-electron chi connectivity index (χ1n) is 11.6.